The second-order valence-electron chi connectivity index (χ2n) is 3.37. The lowest BCUT2D eigenvalue weighted by Gasteiger charge is -2.12. The molecule has 1 unspecified atom stereocenters. The van der Waals surface area contributed by atoms with Gasteiger partial charge >= 0.3 is 5.97 Å². The zero-order chi connectivity index (χ0) is 11.4. The summed E-state index contributed by atoms with van der Waals surface area (Å²) in [4.78, 5) is 11.7. The minimum absolute atomic E-state index is 0.292. The van der Waals surface area contributed by atoms with Crippen LogP contribution >= 0.6 is 11.8 Å². The molecular weight excluding hydrogens is 210 g/mol. The summed E-state index contributed by atoms with van der Waals surface area (Å²) in [5.74, 6) is -0.923. The molecule has 0 aliphatic heterocycles. The van der Waals surface area contributed by atoms with Gasteiger partial charge in [-0.1, -0.05) is 19.9 Å². The number of hydrogen-bond acceptors (Lipinski definition) is 3. The molecule has 1 atom stereocenters. The molecule has 0 aliphatic rings. The lowest BCUT2D eigenvalue weighted by atomic mass is 10.2. The van der Waals surface area contributed by atoms with E-state index in [1.54, 1.807) is 18.2 Å². The van der Waals surface area contributed by atoms with Crippen LogP contribution in [0.25, 0.3) is 0 Å². The maximum atomic E-state index is 11.0. The van der Waals surface area contributed by atoms with Crippen molar-refractivity contribution in [3.05, 3.63) is 23.8 Å². The van der Waals surface area contributed by atoms with Gasteiger partial charge in [0.25, 0.3) is 0 Å². The standard InChI is InChI=1S/C11H15NO2S/c1-3-7(2)15-10-8(11(13)14)5-4-6-9(10)12/h4-7H,3,12H2,1-2H3,(H,13,14). The number of rotatable bonds is 4. The van der Waals surface area contributed by atoms with Crippen LogP contribution < -0.4 is 5.73 Å². The number of anilines is 1. The second-order valence-corrected chi connectivity index (χ2v) is 4.81. The molecule has 0 bridgehead atoms. The molecule has 0 spiro atoms. The summed E-state index contributed by atoms with van der Waals surface area (Å²) < 4.78 is 0. The van der Waals surface area contributed by atoms with E-state index < -0.39 is 5.97 Å². The third-order valence-electron chi connectivity index (χ3n) is 2.17. The molecule has 3 N–H and O–H groups in total. The molecule has 0 saturated carbocycles. The smallest absolute Gasteiger partial charge is 0.336 e. The van der Waals surface area contributed by atoms with Gasteiger partial charge in [-0.3, -0.25) is 0 Å². The first-order valence-corrected chi connectivity index (χ1v) is 5.72. The van der Waals surface area contributed by atoms with Gasteiger partial charge in [0.2, 0.25) is 0 Å². The number of carboxylic acid groups (broad SMARTS) is 1. The van der Waals surface area contributed by atoms with Crippen molar-refractivity contribution >= 4 is 23.4 Å². The maximum Gasteiger partial charge on any atom is 0.336 e. The Morgan fingerprint density at radius 2 is 2.27 bits per heavy atom. The summed E-state index contributed by atoms with van der Waals surface area (Å²) in [6.07, 6.45) is 0.984. The Bertz CT molecular complexity index is 366. The normalized spacial score (nSPS) is 12.4. The molecule has 3 nitrogen and oxygen atoms in total. The second kappa shape index (κ2) is 5.07. The Kier molecular flexibility index (Phi) is 4.03. The molecule has 1 aromatic carbocycles. The molecule has 0 amide bonds. The summed E-state index contributed by atoms with van der Waals surface area (Å²) in [6.45, 7) is 4.12. The zero-order valence-electron chi connectivity index (χ0n) is 8.86. The molecule has 1 rings (SSSR count). The number of benzene rings is 1. The fourth-order valence-corrected chi connectivity index (χ4v) is 2.19. The Labute approximate surface area is 93.7 Å². The van der Waals surface area contributed by atoms with E-state index in [-0.39, 0.29) is 0 Å². The average molecular weight is 225 g/mol. The Morgan fingerprint density at radius 3 is 2.80 bits per heavy atom. The van der Waals surface area contributed by atoms with Crippen LogP contribution in [-0.2, 0) is 0 Å². The van der Waals surface area contributed by atoms with Crippen molar-refractivity contribution in [2.24, 2.45) is 0 Å². The monoisotopic (exact) mass is 225 g/mol. The van der Waals surface area contributed by atoms with Crippen LogP contribution in [0.2, 0.25) is 0 Å². The first kappa shape index (κ1) is 11.9. The van der Waals surface area contributed by atoms with Gasteiger partial charge < -0.3 is 10.8 Å². The van der Waals surface area contributed by atoms with Crippen LogP contribution in [0.3, 0.4) is 0 Å². The molecule has 0 fully saturated rings. The van der Waals surface area contributed by atoms with E-state index >= 15 is 0 Å². The molecule has 0 heterocycles. The zero-order valence-corrected chi connectivity index (χ0v) is 9.67. The SMILES string of the molecule is CCC(C)Sc1c(N)cccc1C(=O)O. The highest BCUT2D eigenvalue weighted by Gasteiger charge is 2.14. The number of nitrogens with two attached hydrogens (primary N) is 1. The van der Waals surface area contributed by atoms with E-state index in [1.165, 1.54) is 11.8 Å². The van der Waals surface area contributed by atoms with Gasteiger partial charge in [-0.15, -0.1) is 11.8 Å². The number of nitrogen functional groups attached to an aromatic ring is 1. The van der Waals surface area contributed by atoms with Crippen molar-refractivity contribution in [3.63, 3.8) is 0 Å². The van der Waals surface area contributed by atoms with Crippen molar-refractivity contribution in [1.82, 2.24) is 0 Å². The first-order valence-electron chi connectivity index (χ1n) is 4.84. The largest absolute Gasteiger partial charge is 0.478 e. The van der Waals surface area contributed by atoms with Crippen LogP contribution in [0.4, 0.5) is 5.69 Å². The molecule has 0 aromatic heterocycles. The van der Waals surface area contributed by atoms with Crippen molar-refractivity contribution in [3.8, 4) is 0 Å². The topological polar surface area (TPSA) is 63.3 Å². The number of hydrogen-bond donors (Lipinski definition) is 2. The quantitative estimate of drug-likeness (QED) is 0.611. The van der Waals surface area contributed by atoms with E-state index in [0.29, 0.717) is 21.4 Å². The molecule has 0 aliphatic carbocycles. The van der Waals surface area contributed by atoms with Gasteiger partial charge in [-0.2, -0.15) is 0 Å². The van der Waals surface area contributed by atoms with Crippen LogP contribution in [0.15, 0.2) is 23.1 Å². The number of aromatic carboxylic acids is 1. The van der Waals surface area contributed by atoms with Crippen molar-refractivity contribution in [2.75, 3.05) is 5.73 Å². The lowest BCUT2D eigenvalue weighted by Crippen LogP contribution is -2.04. The van der Waals surface area contributed by atoms with E-state index in [9.17, 15) is 4.79 Å². The minimum atomic E-state index is -0.923. The summed E-state index contributed by atoms with van der Waals surface area (Å²) in [5, 5.41) is 9.38. The molecule has 15 heavy (non-hydrogen) atoms. The minimum Gasteiger partial charge on any atom is -0.478 e. The lowest BCUT2D eigenvalue weighted by molar-refractivity contribution is 0.0693. The summed E-state index contributed by atoms with van der Waals surface area (Å²) in [6, 6.07) is 4.99. The van der Waals surface area contributed by atoms with Crippen LogP contribution in [-0.4, -0.2) is 16.3 Å². The molecular formula is C11H15NO2S. The number of carbonyl (C=O) groups is 1. The fraction of sp³-hybridized carbons (Fsp3) is 0.364. The third-order valence-corrected chi connectivity index (χ3v) is 3.60. The van der Waals surface area contributed by atoms with Crippen molar-refractivity contribution in [2.45, 2.75) is 30.4 Å². The van der Waals surface area contributed by atoms with E-state index in [2.05, 4.69) is 13.8 Å². The molecule has 4 heteroatoms. The van der Waals surface area contributed by atoms with E-state index in [0.717, 1.165) is 6.42 Å². The fourth-order valence-electron chi connectivity index (χ4n) is 1.14. The summed E-state index contributed by atoms with van der Waals surface area (Å²) in [7, 11) is 0. The Balaban J connectivity index is 3.07. The summed E-state index contributed by atoms with van der Waals surface area (Å²) >= 11 is 1.52. The van der Waals surface area contributed by atoms with Gasteiger partial charge in [-0.25, -0.2) is 4.79 Å². The van der Waals surface area contributed by atoms with E-state index in [4.69, 9.17) is 10.8 Å². The highest BCUT2D eigenvalue weighted by Crippen LogP contribution is 2.33. The van der Waals surface area contributed by atoms with Gasteiger partial charge in [0.1, 0.15) is 0 Å². The van der Waals surface area contributed by atoms with Crippen molar-refractivity contribution < 1.29 is 9.90 Å². The maximum absolute atomic E-state index is 11.0. The number of thioether (sulfide) groups is 1. The predicted molar refractivity (Wildman–Crippen MR) is 63.4 cm³/mol. The van der Waals surface area contributed by atoms with E-state index in [1.807, 2.05) is 0 Å². The highest BCUT2D eigenvalue weighted by molar-refractivity contribution is 8.00. The molecule has 82 valence electrons. The Hall–Kier alpha value is -1.16. The number of carboxylic acids is 1. The average Bonchev–Trinajstić information content (AvgIpc) is 2.20. The van der Waals surface area contributed by atoms with Crippen LogP contribution in [0.1, 0.15) is 30.6 Å². The molecule has 0 saturated heterocycles. The van der Waals surface area contributed by atoms with Gasteiger partial charge in [0.05, 0.1) is 5.56 Å². The van der Waals surface area contributed by atoms with Crippen LogP contribution in [0, 0.1) is 0 Å². The van der Waals surface area contributed by atoms with Crippen LogP contribution in [0.5, 0.6) is 0 Å². The van der Waals surface area contributed by atoms with Gasteiger partial charge in [0.15, 0.2) is 0 Å². The predicted octanol–water partition coefficient (Wildman–Crippen LogP) is 2.86. The Morgan fingerprint density at radius 1 is 1.60 bits per heavy atom. The van der Waals surface area contributed by atoms with Gasteiger partial charge in [0, 0.05) is 15.8 Å². The summed E-state index contributed by atoms with van der Waals surface area (Å²) in [5.41, 5.74) is 6.61. The first-order chi connectivity index (χ1) is 7.06. The molecule has 0 radical (unpaired) electrons. The highest BCUT2D eigenvalue weighted by atomic mass is 32.2. The molecule has 1 aromatic rings. The third kappa shape index (κ3) is 2.89. The van der Waals surface area contributed by atoms with Crippen molar-refractivity contribution in [1.29, 1.82) is 0 Å². The van der Waals surface area contributed by atoms with Gasteiger partial charge in [-0.05, 0) is 18.6 Å².